The average Bonchev–Trinajstić information content (AvgIpc) is 2.37. The van der Waals surface area contributed by atoms with Gasteiger partial charge in [0.25, 0.3) is 0 Å². The Morgan fingerprint density at radius 1 is 0.684 bits per heavy atom. The van der Waals surface area contributed by atoms with E-state index >= 15 is 0 Å². The molecule has 0 bridgehead atoms. The summed E-state index contributed by atoms with van der Waals surface area (Å²) in [7, 11) is 0. The molecule has 1 fully saturated rings. The smallest absolute Gasteiger partial charge is 0.0597 e. The molecular formula is C18H36O. The molecule has 1 aliphatic rings. The highest BCUT2D eigenvalue weighted by Crippen LogP contribution is 2.19. The van der Waals surface area contributed by atoms with E-state index in [1.54, 1.807) is 0 Å². The second-order valence-electron chi connectivity index (χ2n) is 6.31. The van der Waals surface area contributed by atoms with Crippen molar-refractivity contribution in [1.82, 2.24) is 0 Å². The highest BCUT2D eigenvalue weighted by atomic mass is 16.5. The lowest BCUT2D eigenvalue weighted by atomic mass is 10.0. The van der Waals surface area contributed by atoms with E-state index in [1.807, 2.05) is 0 Å². The Balaban J connectivity index is 1.62. The van der Waals surface area contributed by atoms with Crippen LogP contribution in [-0.4, -0.2) is 12.7 Å². The van der Waals surface area contributed by atoms with Gasteiger partial charge < -0.3 is 4.74 Å². The minimum atomic E-state index is 0.632. The largest absolute Gasteiger partial charge is 0.378 e. The first kappa shape index (κ1) is 17.0. The SMILES string of the molecule is CCCCCCCCCCCCCCCC1CCO1. The van der Waals surface area contributed by atoms with Crippen LogP contribution in [0.25, 0.3) is 0 Å². The van der Waals surface area contributed by atoms with E-state index in [0.717, 1.165) is 6.61 Å². The molecule has 1 heterocycles. The lowest BCUT2D eigenvalue weighted by Gasteiger charge is -2.26. The number of ether oxygens (including phenoxy) is 1. The molecule has 1 heteroatoms. The summed E-state index contributed by atoms with van der Waals surface area (Å²) in [5.74, 6) is 0. The monoisotopic (exact) mass is 268 g/mol. The number of hydrogen-bond donors (Lipinski definition) is 0. The Morgan fingerprint density at radius 3 is 1.47 bits per heavy atom. The van der Waals surface area contributed by atoms with Gasteiger partial charge in [0.15, 0.2) is 0 Å². The van der Waals surface area contributed by atoms with Gasteiger partial charge in [-0.05, 0) is 12.8 Å². The Kier molecular flexibility index (Phi) is 11.6. The normalized spacial score (nSPS) is 18.5. The van der Waals surface area contributed by atoms with Gasteiger partial charge in [-0.15, -0.1) is 0 Å². The summed E-state index contributed by atoms with van der Waals surface area (Å²) in [6.07, 6.45) is 22.1. The van der Waals surface area contributed by atoms with Gasteiger partial charge in [-0.1, -0.05) is 90.4 Å². The van der Waals surface area contributed by atoms with Crippen molar-refractivity contribution in [1.29, 1.82) is 0 Å². The molecule has 0 aromatic heterocycles. The predicted octanol–water partition coefficient (Wildman–Crippen LogP) is 6.26. The zero-order chi connectivity index (χ0) is 13.6. The second-order valence-corrected chi connectivity index (χ2v) is 6.31. The fraction of sp³-hybridized carbons (Fsp3) is 1.00. The molecule has 1 atom stereocenters. The Bertz CT molecular complexity index is 175. The highest BCUT2D eigenvalue weighted by molar-refractivity contribution is 4.65. The minimum Gasteiger partial charge on any atom is -0.378 e. The third-order valence-corrected chi connectivity index (χ3v) is 4.42. The average molecular weight is 268 g/mol. The molecule has 0 amide bonds. The van der Waals surface area contributed by atoms with Crippen LogP contribution in [-0.2, 0) is 4.74 Å². The van der Waals surface area contributed by atoms with Crippen molar-refractivity contribution in [2.75, 3.05) is 6.61 Å². The highest BCUT2D eigenvalue weighted by Gasteiger charge is 2.16. The van der Waals surface area contributed by atoms with Gasteiger partial charge in [-0.3, -0.25) is 0 Å². The van der Waals surface area contributed by atoms with Gasteiger partial charge in [-0.25, -0.2) is 0 Å². The Labute approximate surface area is 121 Å². The van der Waals surface area contributed by atoms with Crippen LogP contribution in [0.5, 0.6) is 0 Å². The molecule has 1 rings (SSSR count). The molecule has 0 N–H and O–H groups in total. The molecule has 0 spiro atoms. The third-order valence-electron chi connectivity index (χ3n) is 4.42. The predicted molar refractivity (Wildman–Crippen MR) is 84.7 cm³/mol. The summed E-state index contributed by atoms with van der Waals surface area (Å²) in [4.78, 5) is 0. The van der Waals surface area contributed by atoms with Gasteiger partial charge in [0.2, 0.25) is 0 Å². The first-order valence-electron chi connectivity index (χ1n) is 9.05. The van der Waals surface area contributed by atoms with Gasteiger partial charge in [0.05, 0.1) is 6.10 Å². The maximum absolute atomic E-state index is 5.44. The zero-order valence-corrected chi connectivity index (χ0v) is 13.3. The van der Waals surface area contributed by atoms with Gasteiger partial charge in [-0.2, -0.15) is 0 Å². The fourth-order valence-electron chi connectivity index (χ4n) is 2.90. The summed E-state index contributed by atoms with van der Waals surface area (Å²) < 4.78 is 5.44. The molecule has 0 aromatic carbocycles. The van der Waals surface area contributed by atoms with Crippen molar-refractivity contribution in [3.8, 4) is 0 Å². The summed E-state index contributed by atoms with van der Waals surface area (Å²) in [5.41, 5.74) is 0. The Hall–Kier alpha value is -0.0400. The number of rotatable bonds is 14. The molecule has 114 valence electrons. The van der Waals surface area contributed by atoms with Crippen molar-refractivity contribution in [3.05, 3.63) is 0 Å². The first-order chi connectivity index (χ1) is 9.43. The molecule has 0 aromatic rings. The van der Waals surface area contributed by atoms with Gasteiger partial charge >= 0.3 is 0 Å². The molecule has 1 nitrogen and oxygen atoms in total. The van der Waals surface area contributed by atoms with E-state index in [0.29, 0.717) is 6.10 Å². The maximum Gasteiger partial charge on any atom is 0.0597 e. The van der Waals surface area contributed by atoms with E-state index in [9.17, 15) is 0 Å². The van der Waals surface area contributed by atoms with E-state index < -0.39 is 0 Å². The van der Waals surface area contributed by atoms with Crippen LogP contribution in [0.4, 0.5) is 0 Å². The molecule has 0 radical (unpaired) electrons. The molecule has 0 aliphatic carbocycles. The molecule has 0 saturated carbocycles. The van der Waals surface area contributed by atoms with Crippen molar-refractivity contribution in [2.45, 2.75) is 109 Å². The standard InChI is InChI=1S/C18H36O/c1-2-3-4-5-6-7-8-9-10-11-12-13-14-15-18-16-17-19-18/h18H,2-17H2,1H3. The Morgan fingerprint density at radius 2 is 1.11 bits per heavy atom. The van der Waals surface area contributed by atoms with Crippen LogP contribution < -0.4 is 0 Å². The summed E-state index contributed by atoms with van der Waals surface area (Å²) in [6.45, 7) is 3.31. The van der Waals surface area contributed by atoms with Crippen molar-refractivity contribution >= 4 is 0 Å². The van der Waals surface area contributed by atoms with Gasteiger partial charge in [0, 0.05) is 6.61 Å². The lowest BCUT2D eigenvalue weighted by Crippen LogP contribution is -2.26. The summed E-state index contributed by atoms with van der Waals surface area (Å²) in [6, 6.07) is 0. The van der Waals surface area contributed by atoms with Crippen molar-refractivity contribution in [2.24, 2.45) is 0 Å². The van der Waals surface area contributed by atoms with Crippen molar-refractivity contribution < 1.29 is 4.74 Å². The van der Waals surface area contributed by atoms with E-state index in [-0.39, 0.29) is 0 Å². The second kappa shape index (κ2) is 13.0. The molecular weight excluding hydrogens is 232 g/mol. The summed E-state index contributed by atoms with van der Waals surface area (Å²) >= 11 is 0. The van der Waals surface area contributed by atoms with E-state index in [4.69, 9.17) is 4.74 Å². The number of hydrogen-bond acceptors (Lipinski definition) is 1. The zero-order valence-electron chi connectivity index (χ0n) is 13.3. The van der Waals surface area contributed by atoms with Crippen LogP contribution in [0.1, 0.15) is 103 Å². The van der Waals surface area contributed by atoms with Gasteiger partial charge in [0.1, 0.15) is 0 Å². The van der Waals surface area contributed by atoms with Crippen LogP contribution in [0.15, 0.2) is 0 Å². The molecule has 1 aliphatic heterocycles. The topological polar surface area (TPSA) is 9.23 Å². The third kappa shape index (κ3) is 10.4. The van der Waals surface area contributed by atoms with E-state index in [2.05, 4.69) is 6.92 Å². The minimum absolute atomic E-state index is 0.632. The molecule has 1 saturated heterocycles. The van der Waals surface area contributed by atoms with Crippen LogP contribution in [0.3, 0.4) is 0 Å². The maximum atomic E-state index is 5.44. The first-order valence-corrected chi connectivity index (χ1v) is 9.05. The fourth-order valence-corrected chi connectivity index (χ4v) is 2.90. The number of unbranched alkanes of at least 4 members (excludes halogenated alkanes) is 12. The molecule has 1 unspecified atom stereocenters. The lowest BCUT2D eigenvalue weighted by molar-refractivity contribution is -0.0555. The summed E-state index contributed by atoms with van der Waals surface area (Å²) in [5, 5.41) is 0. The van der Waals surface area contributed by atoms with Crippen LogP contribution in [0.2, 0.25) is 0 Å². The van der Waals surface area contributed by atoms with Crippen LogP contribution in [0, 0.1) is 0 Å². The quantitative estimate of drug-likeness (QED) is 0.338. The molecule has 19 heavy (non-hydrogen) atoms. The van der Waals surface area contributed by atoms with Crippen LogP contribution >= 0.6 is 0 Å². The van der Waals surface area contributed by atoms with Crippen molar-refractivity contribution in [3.63, 3.8) is 0 Å². The van der Waals surface area contributed by atoms with E-state index in [1.165, 1.54) is 96.3 Å².